The van der Waals surface area contributed by atoms with Gasteiger partial charge in [0.25, 0.3) is 5.56 Å². The van der Waals surface area contributed by atoms with Crippen molar-refractivity contribution in [3.8, 4) is 0 Å². The summed E-state index contributed by atoms with van der Waals surface area (Å²) in [6.07, 6.45) is 10.9. The number of aryl methyl sites for hydroxylation is 1. The van der Waals surface area contributed by atoms with Gasteiger partial charge >= 0.3 is 12.0 Å². The highest BCUT2D eigenvalue weighted by atomic mass is 16.5. The minimum Gasteiger partial charge on any atom is -0.444 e. The van der Waals surface area contributed by atoms with Crippen LogP contribution in [-0.4, -0.2) is 129 Å². The molecular formula is C51H72N8O6. The minimum absolute atomic E-state index is 0.0209. The Morgan fingerprint density at radius 3 is 2.17 bits per heavy atom. The molecule has 3 fully saturated rings. The molecule has 0 saturated carbocycles. The van der Waals surface area contributed by atoms with E-state index in [2.05, 4.69) is 41.1 Å². The molecule has 2 unspecified atom stereocenters. The number of piperidine rings is 2. The van der Waals surface area contributed by atoms with Gasteiger partial charge < -0.3 is 24.8 Å². The molecule has 3 amide bonds. The zero-order chi connectivity index (χ0) is 46.2. The van der Waals surface area contributed by atoms with Crippen molar-refractivity contribution in [3.63, 3.8) is 0 Å². The standard InChI is InChI=1S/C51H72N8O6/c1-7-9-13-35(3)47(60)59-46-37(5)29-38(30-41(46)33-52-59)31-44(49(62)56-27-25-55(26-28-56)42-19-21-54(6)22-20-42)53-51(64)57-23-17-39(18-24-57)43-32-40-15-11-12-16-45(40)58(48(43)61)34-65-50(63)36(4)14-10-8-2/h11-12,15-16,29-30,32-33,35-36,39,42,44H,7-10,13-14,17-28,31,34H2,1-6H3,(H,53,64)/t35?,36?,44-/m1/s1. The van der Waals surface area contributed by atoms with Crippen LogP contribution in [0.2, 0.25) is 0 Å². The number of pyridine rings is 1. The first kappa shape index (κ1) is 47.9. The van der Waals surface area contributed by atoms with Crippen molar-refractivity contribution in [2.45, 2.75) is 130 Å². The summed E-state index contributed by atoms with van der Waals surface area (Å²) >= 11 is 0. The Kier molecular flexibility index (Phi) is 16.2. The predicted molar refractivity (Wildman–Crippen MR) is 255 cm³/mol. The molecule has 1 N–H and O–H groups in total. The Labute approximate surface area is 384 Å². The summed E-state index contributed by atoms with van der Waals surface area (Å²) < 4.78 is 8.81. The number of fused-ring (bicyclic) bond motifs is 2. The smallest absolute Gasteiger partial charge is 0.318 e. The molecule has 0 spiro atoms. The number of aromatic nitrogens is 3. The summed E-state index contributed by atoms with van der Waals surface area (Å²) in [6, 6.07) is 13.0. The zero-order valence-electron chi connectivity index (χ0n) is 39.7. The van der Waals surface area contributed by atoms with E-state index in [-0.39, 0.29) is 60.3 Å². The van der Waals surface area contributed by atoms with Gasteiger partial charge in [-0.05, 0) is 106 Å². The lowest BCUT2D eigenvalue weighted by Crippen LogP contribution is -2.59. The van der Waals surface area contributed by atoms with Crippen LogP contribution >= 0.6 is 0 Å². The first-order valence-electron chi connectivity index (χ1n) is 24.4. The Morgan fingerprint density at radius 2 is 1.48 bits per heavy atom. The average molecular weight is 893 g/mol. The van der Waals surface area contributed by atoms with Crippen LogP contribution in [0.3, 0.4) is 0 Å². The second-order valence-electron chi connectivity index (χ2n) is 19.2. The van der Waals surface area contributed by atoms with Gasteiger partial charge in [0.05, 0.1) is 23.1 Å². The van der Waals surface area contributed by atoms with E-state index in [0.29, 0.717) is 56.1 Å². The number of carbonyl (C=O) groups is 4. The Bertz CT molecular complexity index is 2350. The number of esters is 1. The Hall–Kier alpha value is -5.08. The van der Waals surface area contributed by atoms with Crippen LogP contribution in [-0.2, 0) is 27.5 Å². The lowest BCUT2D eigenvalue weighted by atomic mass is 9.89. The summed E-state index contributed by atoms with van der Waals surface area (Å²) in [7, 11) is 2.17. The zero-order valence-corrected chi connectivity index (χ0v) is 39.7. The molecule has 3 aliphatic heterocycles. The van der Waals surface area contributed by atoms with Crippen molar-refractivity contribution in [3.05, 3.63) is 75.7 Å². The average Bonchev–Trinajstić information content (AvgIpc) is 3.76. The molecule has 0 radical (unpaired) electrons. The van der Waals surface area contributed by atoms with Crippen molar-refractivity contribution in [1.29, 1.82) is 0 Å². The molecule has 4 aromatic rings. The second-order valence-corrected chi connectivity index (χ2v) is 19.2. The molecule has 14 nitrogen and oxygen atoms in total. The van der Waals surface area contributed by atoms with Crippen LogP contribution in [0.15, 0.2) is 53.5 Å². The third-order valence-electron chi connectivity index (χ3n) is 14.4. The topological polar surface area (TPSA) is 142 Å². The normalized spacial score (nSPS) is 18.5. The van der Waals surface area contributed by atoms with E-state index >= 15 is 0 Å². The molecular weight excluding hydrogens is 821 g/mol. The first-order valence-corrected chi connectivity index (χ1v) is 24.4. The fraction of sp³-hybridized carbons (Fsp3) is 0.608. The molecule has 0 aliphatic carbocycles. The maximum Gasteiger partial charge on any atom is 0.318 e. The lowest BCUT2D eigenvalue weighted by Gasteiger charge is -2.43. The van der Waals surface area contributed by atoms with Crippen molar-refractivity contribution in [2.75, 3.05) is 59.4 Å². The molecule has 14 heteroatoms. The van der Waals surface area contributed by atoms with Gasteiger partial charge in [0, 0.05) is 68.6 Å². The second kappa shape index (κ2) is 21.9. The molecule has 65 heavy (non-hydrogen) atoms. The SMILES string of the molecule is CCCCC(C)C(=O)OCn1c(=O)c(C2CCN(C(=O)N[C@H](Cc3cc(C)c4c(cnn4C(=O)C(C)CCCC)c3)C(=O)N3CCN(C4CCN(C)CC4)CC3)CC2)cc2ccccc21. The van der Waals surface area contributed by atoms with Gasteiger partial charge in [-0.2, -0.15) is 9.78 Å². The van der Waals surface area contributed by atoms with E-state index in [1.807, 2.05) is 68.1 Å². The van der Waals surface area contributed by atoms with E-state index in [1.54, 1.807) is 15.7 Å². The molecule has 3 atom stereocenters. The van der Waals surface area contributed by atoms with E-state index in [0.717, 1.165) is 105 Å². The molecule has 7 rings (SSSR count). The number of rotatable bonds is 16. The number of urea groups is 1. The van der Waals surface area contributed by atoms with Gasteiger partial charge in [-0.15, -0.1) is 0 Å². The number of nitrogens with one attached hydrogen (secondary N) is 1. The van der Waals surface area contributed by atoms with Crippen LogP contribution in [0.25, 0.3) is 21.8 Å². The highest BCUT2D eigenvalue weighted by Crippen LogP contribution is 2.29. The fourth-order valence-electron chi connectivity index (χ4n) is 10.2. The summed E-state index contributed by atoms with van der Waals surface area (Å²) in [6.45, 7) is 15.7. The quantitative estimate of drug-likeness (QED) is 0.116. The molecule has 5 heterocycles. The molecule has 3 aliphatic rings. The van der Waals surface area contributed by atoms with Crippen molar-refractivity contribution >= 4 is 45.6 Å². The number of piperazine rings is 1. The first-order chi connectivity index (χ1) is 31.4. The Balaban J connectivity index is 1.06. The van der Waals surface area contributed by atoms with Gasteiger partial charge in [0.1, 0.15) is 6.04 Å². The minimum atomic E-state index is -0.808. The largest absolute Gasteiger partial charge is 0.444 e. The van der Waals surface area contributed by atoms with Crippen LogP contribution in [0.4, 0.5) is 4.79 Å². The summed E-state index contributed by atoms with van der Waals surface area (Å²) in [5.41, 5.74) is 3.73. The predicted octanol–water partition coefficient (Wildman–Crippen LogP) is 7.19. The molecule has 3 saturated heterocycles. The number of hydrogen-bond acceptors (Lipinski definition) is 9. The van der Waals surface area contributed by atoms with Gasteiger partial charge in [-0.25, -0.2) is 4.79 Å². The number of ether oxygens (including phenoxy) is 1. The molecule has 2 aromatic heterocycles. The summed E-state index contributed by atoms with van der Waals surface area (Å²) in [5.74, 6) is -0.919. The maximum absolute atomic E-state index is 14.6. The van der Waals surface area contributed by atoms with Crippen LogP contribution in [0, 0.1) is 18.8 Å². The highest BCUT2D eigenvalue weighted by molar-refractivity contribution is 5.94. The lowest BCUT2D eigenvalue weighted by molar-refractivity contribution is -0.152. The van der Waals surface area contributed by atoms with E-state index in [9.17, 15) is 24.0 Å². The number of hydrogen-bond donors (Lipinski definition) is 1. The van der Waals surface area contributed by atoms with Crippen molar-refractivity contribution in [1.82, 2.24) is 39.3 Å². The Morgan fingerprint density at radius 1 is 0.800 bits per heavy atom. The summed E-state index contributed by atoms with van der Waals surface area (Å²) in [5, 5.41) is 9.42. The number of carbonyl (C=O) groups excluding carboxylic acids is 4. The number of amides is 3. The van der Waals surface area contributed by atoms with Crippen LogP contribution < -0.4 is 10.9 Å². The van der Waals surface area contributed by atoms with E-state index < -0.39 is 6.04 Å². The molecule has 2 aromatic carbocycles. The van der Waals surface area contributed by atoms with Crippen LogP contribution in [0.1, 0.15) is 119 Å². The highest BCUT2D eigenvalue weighted by Gasteiger charge is 2.34. The summed E-state index contributed by atoms with van der Waals surface area (Å²) in [4.78, 5) is 77.9. The number of unbranched alkanes of at least 4 members (excludes halogenated alkanes) is 2. The van der Waals surface area contributed by atoms with Gasteiger partial charge in [-0.1, -0.05) is 77.6 Å². The van der Waals surface area contributed by atoms with Gasteiger partial charge in [-0.3, -0.25) is 28.6 Å². The van der Waals surface area contributed by atoms with Crippen molar-refractivity contribution in [2.24, 2.45) is 11.8 Å². The number of para-hydroxylation sites is 1. The van der Waals surface area contributed by atoms with Crippen LogP contribution in [0.5, 0.6) is 0 Å². The number of likely N-dealkylation sites (tertiary alicyclic amines) is 2. The number of nitrogens with zero attached hydrogens (tertiary/aromatic N) is 7. The van der Waals surface area contributed by atoms with Crippen molar-refractivity contribution < 1.29 is 23.9 Å². The monoisotopic (exact) mass is 893 g/mol. The maximum atomic E-state index is 14.6. The number of benzene rings is 2. The molecule has 352 valence electrons. The van der Waals surface area contributed by atoms with E-state index in [1.165, 1.54) is 4.68 Å². The molecule has 0 bridgehead atoms. The third-order valence-corrected chi connectivity index (χ3v) is 14.4. The van der Waals surface area contributed by atoms with Gasteiger partial charge in [0.2, 0.25) is 11.8 Å². The van der Waals surface area contributed by atoms with Gasteiger partial charge in [0.15, 0.2) is 6.73 Å². The fourth-order valence-corrected chi connectivity index (χ4v) is 10.2. The van der Waals surface area contributed by atoms with E-state index in [4.69, 9.17) is 4.74 Å². The third kappa shape index (κ3) is 11.3.